The van der Waals surface area contributed by atoms with E-state index in [2.05, 4.69) is 29.1 Å². The summed E-state index contributed by atoms with van der Waals surface area (Å²) < 4.78 is 0. The van der Waals surface area contributed by atoms with Crippen LogP contribution in [0.15, 0.2) is 6.20 Å². The van der Waals surface area contributed by atoms with Gasteiger partial charge in [-0.25, -0.2) is 9.97 Å². The zero-order valence-electron chi connectivity index (χ0n) is 7.46. The van der Waals surface area contributed by atoms with Crippen LogP contribution in [0.5, 0.6) is 0 Å². The Bertz CT molecular complexity index is 294. The van der Waals surface area contributed by atoms with Crippen molar-refractivity contribution in [2.45, 2.75) is 26.2 Å². The van der Waals surface area contributed by atoms with E-state index < -0.39 is 0 Å². The van der Waals surface area contributed by atoms with Crippen LogP contribution in [0.25, 0.3) is 0 Å². The molecule has 0 aromatic carbocycles. The molecule has 0 unspecified atom stereocenters. The van der Waals surface area contributed by atoms with E-state index in [1.54, 1.807) is 0 Å². The summed E-state index contributed by atoms with van der Waals surface area (Å²) in [5.74, 6) is 2.38. The first-order valence-corrected chi connectivity index (χ1v) is 4.37. The molecule has 0 bridgehead atoms. The molecule has 0 aliphatic carbocycles. The Morgan fingerprint density at radius 3 is 3.08 bits per heavy atom. The smallest absolute Gasteiger partial charge is 0.133 e. The second-order valence-electron chi connectivity index (χ2n) is 3.43. The molecular weight excluding hydrogens is 150 g/mol. The van der Waals surface area contributed by atoms with Crippen molar-refractivity contribution >= 4 is 5.82 Å². The fraction of sp³-hybridized carbons (Fsp3) is 0.556. The Hall–Kier alpha value is -1.12. The van der Waals surface area contributed by atoms with Crippen molar-refractivity contribution in [3.63, 3.8) is 0 Å². The molecule has 0 amide bonds. The summed E-state index contributed by atoms with van der Waals surface area (Å²) in [5, 5.41) is 3.24. The number of anilines is 1. The molecule has 3 heteroatoms. The lowest BCUT2D eigenvalue weighted by Crippen LogP contribution is -2.00. The Morgan fingerprint density at radius 1 is 1.50 bits per heavy atom. The lowest BCUT2D eigenvalue weighted by molar-refractivity contribution is 0.774. The highest BCUT2D eigenvalue weighted by Gasteiger charge is 2.13. The van der Waals surface area contributed by atoms with Gasteiger partial charge < -0.3 is 5.32 Å². The van der Waals surface area contributed by atoms with Gasteiger partial charge in [-0.15, -0.1) is 0 Å². The average molecular weight is 163 g/mol. The molecule has 0 saturated heterocycles. The van der Waals surface area contributed by atoms with E-state index in [1.807, 2.05) is 6.20 Å². The van der Waals surface area contributed by atoms with Gasteiger partial charge in [0.1, 0.15) is 11.6 Å². The van der Waals surface area contributed by atoms with Crippen molar-refractivity contribution < 1.29 is 0 Å². The SMILES string of the molecule is CC(C)c1ncc2c(n1)NCC2. The number of nitrogens with zero attached hydrogens (tertiary/aromatic N) is 2. The summed E-state index contributed by atoms with van der Waals surface area (Å²) in [5.41, 5.74) is 1.25. The molecule has 0 saturated carbocycles. The molecule has 3 nitrogen and oxygen atoms in total. The molecular formula is C9H13N3. The fourth-order valence-corrected chi connectivity index (χ4v) is 1.35. The third-order valence-electron chi connectivity index (χ3n) is 2.09. The molecule has 12 heavy (non-hydrogen) atoms. The van der Waals surface area contributed by atoms with Gasteiger partial charge in [-0.05, 0) is 6.42 Å². The normalized spacial score (nSPS) is 14.6. The lowest BCUT2D eigenvalue weighted by Gasteiger charge is -2.04. The van der Waals surface area contributed by atoms with E-state index in [9.17, 15) is 0 Å². The highest BCUT2D eigenvalue weighted by atomic mass is 15.1. The summed E-state index contributed by atoms with van der Waals surface area (Å²) >= 11 is 0. The van der Waals surface area contributed by atoms with Crippen LogP contribution in [-0.4, -0.2) is 16.5 Å². The third-order valence-corrected chi connectivity index (χ3v) is 2.09. The van der Waals surface area contributed by atoms with Crippen LogP contribution in [0.1, 0.15) is 31.2 Å². The molecule has 2 heterocycles. The maximum Gasteiger partial charge on any atom is 0.133 e. The zero-order chi connectivity index (χ0) is 8.55. The van der Waals surface area contributed by atoms with Gasteiger partial charge in [0.25, 0.3) is 0 Å². The molecule has 1 aromatic heterocycles. The topological polar surface area (TPSA) is 37.8 Å². The van der Waals surface area contributed by atoms with Crippen LogP contribution in [0.4, 0.5) is 5.82 Å². The summed E-state index contributed by atoms with van der Waals surface area (Å²) in [6.45, 7) is 5.22. The highest BCUT2D eigenvalue weighted by molar-refractivity contribution is 5.47. The fourth-order valence-electron chi connectivity index (χ4n) is 1.35. The minimum atomic E-state index is 0.415. The molecule has 0 spiro atoms. The first-order valence-electron chi connectivity index (χ1n) is 4.37. The maximum absolute atomic E-state index is 4.43. The zero-order valence-corrected chi connectivity index (χ0v) is 7.46. The standard InChI is InChI=1S/C9H13N3/c1-6(2)8-11-5-7-3-4-10-9(7)12-8/h5-6H,3-4H2,1-2H3,(H,10,11,12). The molecule has 2 rings (SSSR count). The average Bonchev–Trinajstić information content (AvgIpc) is 2.49. The van der Waals surface area contributed by atoms with Crippen LogP contribution >= 0.6 is 0 Å². The second-order valence-corrected chi connectivity index (χ2v) is 3.43. The van der Waals surface area contributed by atoms with Crippen LogP contribution in [0.2, 0.25) is 0 Å². The summed E-state index contributed by atoms with van der Waals surface area (Å²) in [7, 11) is 0. The molecule has 0 fully saturated rings. The van der Waals surface area contributed by atoms with E-state index in [4.69, 9.17) is 0 Å². The molecule has 1 aromatic rings. The van der Waals surface area contributed by atoms with Crippen LogP contribution in [0, 0.1) is 0 Å². The van der Waals surface area contributed by atoms with Crippen molar-refractivity contribution in [2.75, 3.05) is 11.9 Å². The first-order chi connectivity index (χ1) is 5.77. The highest BCUT2D eigenvalue weighted by Crippen LogP contribution is 2.20. The number of fused-ring (bicyclic) bond motifs is 1. The molecule has 64 valence electrons. The number of rotatable bonds is 1. The monoisotopic (exact) mass is 163 g/mol. The van der Waals surface area contributed by atoms with Gasteiger partial charge in [-0.2, -0.15) is 0 Å². The Labute approximate surface area is 72.2 Å². The Morgan fingerprint density at radius 2 is 2.33 bits per heavy atom. The third kappa shape index (κ3) is 1.15. The van der Waals surface area contributed by atoms with E-state index >= 15 is 0 Å². The van der Waals surface area contributed by atoms with Gasteiger partial charge >= 0.3 is 0 Å². The van der Waals surface area contributed by atoms with Gasteiger partial charge in [0, 0.05) is 24.2 Å². The van der Waals surface area contributed by atoms with Crippen LogP contribution < -0.4 is 5.32 Å². The molecule has 0 atom stereocenters. The molecule has 1 aliphatic rings. The minimum absolute atomic E-state index is 0.415. The summed E-state index contributed by atoms with van der Waals surface area (Å²) in [6, 6.07) is 0. The van der Waals surface area contributed by atoms with E-state index in [0.29, 0.717) is 5.92 Å². The van der Waals surface area contributed by atoms with Crippen molar-refractivity contribution in [2.24, 2.45) is 0 Å². The van der Waals surface area contributed by atoms with Gasteiger partial charge in [0.05, 0.1) is 0 Å². The number of nitrogens with one attached hydrogen (secondary N) is 1. The molecule has 1 aliphatic heterocycles. The van der Waals surface area contributed by atoms with Crippen molar-refractivity contribution in [3.05, 3.63) is 17.6 Å². The largest absolute Gasteiger partial charge is 0.369 e. The summed E-state index contributed by atoms with van der Waals surface area (Å²) in [4.78, 5) is 8.73. The van der Waals surface area contributed by atoms with Crippen LogP contribution in [0.3, 0.4) is 0 Å². The van der Waals surface area contributed by atoms with E-state index in [1.165, 1.54) is 5.56 Å². The maximum atomic E-state index is 4.43. The Kier molecular flexibility index (Phi) is 1.71. The quantitative estimate of drug-likeness (QED) is 0.682. The predicted molar refractivity (Wildman–Crippen MR) is 48.3 cm³/mol. The van der Waals surface area contributed by atoms with E-state index in [0.717, 1.165) is 24.6 Å². The van der Waals surface area contributed by atoms with E-state index in [-0.39, 0.29) is 0 Å². The summed E-state index contributed by atoms with van der Waals surface area (Å²) in [6.07, 6.45) is 3.01. The molecule has 1 N–H and O–H groups in total. The lowest BCUT2D eigenvalue weighted by atomic mass is 10.2. The van der Waals surface area contributed by atoms with Crippen molar-refractivity contribution in [1.29, 1.82) is 0 Å². The van der Waals surface area contributed by atoms with Gasteiger partial charge in [-0.1, -0.05) is 13.8 Å². The first kappa shape index (κ1) is 7.53. The van der Waals surface area contributed by atoms with Gasteiger partial charge in [0.2, 0.25) is 0 Å². The second kappa shape index (κ2) is 2.73. The number of aromatic nitrogens is 2. The van der Waals surface area contributed by atoms with Crippen molar-refractivity contribution in [3.8, 4) is 0 Å². The number of hydrogen-bond donors (Lipinski definition) is 1. The number of hydrogen-bond acceptors (Lipinski definition) is 3. The molecule has 0 radical (unpaired) electrons. The predicted octanol–water partition coefficient (Wildman–Crippen LogP) is 1.57. The Balaban J connectivity index is 2.39. The minimum Gasteiger partial charge on any atom is -0.369 e. The van der Waals surface area contributed by atoms with Crippen LogP contribution in [-0.2, 0) is 6.42 Å². The van der Waals surface area contributed by atoms with Gasteiger partial charge in [0.15, 0.2) is 0 Å². The van der Waals surface area contributed by atoms with Crippen molar-refractivity contribution in [1.82, 2.24) is 9.97 Å². The van der Waals surface area contributed by atoms with Gasteiger partial charge in [-0.3, -0.25) is 0 Å².